The molecule has 1 aliphatic heterocycles. The van der Waals surface area contributed by atoms with Crippen molar-refractivity contribution in [1.29, 1.82) is 0 Å². The van der Waals surface area contributed by atoms with Crippen LogP contribution in [-0.2, 0) is 4.74 Å². The smallest absolute Gasteiger partial charge is 0.222 e. The van der Waals surface area contributed by atoms with Crippen molar-refractivity contribution in [2.24, 2.45) is 5.92 Å². The second kappa shape index (κ2) is 5.77. The standard InChI is InChI=1S/C11H16IN3O/c1-2-10-8(3-4-16-10)5-13-11-14-6-9(12)7-15-11/h6-8,10H,2-5H2,1H3,(H,13,14,15). The van der Waals surface area contributed by atoms with Gasteiger partial charge in [0.25, 0.3) is 0 Å². The fourth-order valence-electron chi connectivity index (χ4n) is 2.00. The molecule has 0 bridgehead atoms. The normalized spacial score (nSPS) is 24.6. The first-order valence-corrected chi connectivity index (χ1v) is 6.70. The predicted molar refractivity (Wildman–Crippen MR) is 71.4 cm³/mol. The summed E-state index contributed by atoms with van der Waals surface area (Å²) < 4.78 is 6.69. The number of aromatic nitrogens is 2. The van der Waals surface area contributed by atoms with Gasteiger partial charge in [-0.1, -0.05) is 6.92 Å². The molecule has 1 N–H and O–H groups in total. The molecule has 1 aliphatic rings. The first-order chi connectivity index (χ1) is 7.79. The van der Waals surface area contributed by atoms with Gasteiger partial charge in [0, 0.05) is 35.0 Å². The lowest BCUT2D eigenvalue weighted by Gasteiger charge is -2.16. The van der Waals surface area contributed by atoms with Gasteiger partial charge in [-0.2, -0.15) is 0 Å². The Hall–Kier alpha value is -0.430. The molecule has 0 radical (unpaired) electrons. The van der Waals surface area contributed by atoms with Crippen LogP contribution in [0, 0.1) is 9.49 Å². The van der Waals surface area contributed by atoms with Gasteiger partial charge in [-0.3, -0.25) is 0 Å². The summed E-state index contributed by atoms with van der Waals surface area (Å²) >= 11 is 2.20. The molecule has 0 amide bonds. The Kier molecular flexibility index (Phi) is 4.34. The first kappa shape index (κ1) is 12.0. The van der Waals surface area contributed by atoms with E-state index < -0.39 is 0 Å². The van der Waals surface area contributed by atoms with Crippen LogP contribution in [0.5, 0.6) is 0 Å². The van der Waals surface area contributed by atoms with Gasteiger partial charge in [-0.05, 0) is 35.4 Å². The van der Waals surface area contributed by atoms with Gasteiger partial charge in [0.15, 0.2) is 0 Å². The van der Waals surface area contributed by atoms with Crippen molar-refractivity contribution >= 4 is 28.5 Å². The van der Waals surface area contributed by atoms with Gasteiger partial charge in [0.1, 0.15) is 0 Å². The third kappa shape index (κ3) is 3.04. The van der Waals surface area contributed by atoms with Crippen LogP contribution in [0.2, 0.25) is 0 Å². The molecule has 0 spiro atoms. The van der Waals surface area contributed by atoms with Crippen molar-refractivity contribution in [2.45, 2.75) is 25.9 Å². The maximum Gasteiger partial charge on any atom is 0.222 e. The molecule has 2 atom stereocenters. The van der Waals surface area contributed by atoms with Crippen molar-refractivity contribution < 1.29 is 4.74 Å². The quantitative estimate of drug-likeness (QED) is 0.859. The average molecular weight is 333 g/mol. The van der Waals surface area contributed by atoms with Crippen LogP contribution < -0.4 is 5.32 Å². The minimum absolute atomic E-state index is 0.399. The van der Waals surface area contributed by atoms with E-state index in [1.54, 1.807) is 0 Å². The maximum absolute atomic E-state index is 5.64. The molecule has 1 fully saturated rings. The molecule has 1 aromatic rings. The summed E-state index contributed by atoms with van der Waals surface area (Å²) in [4.78, 5) is 8.44. The lowest BCUT2D eigenvalue weighted by atomic mass is 10.00. The van der Waals surface area contributed by atoms with E-state index in [9.17, 15) is 0 Å². The molecule has 0 aromatic carbocycles. The Morgan fingerprint density at radius 2 is 2.25 bits per heavy atom. The molecule has 1 aromatic heterocycles. The zero-order valence-corrected chi connectivity index (χ0v) is 11.5. The third-order valence-corrected chi connectivity index (χ3v) is 3.45. The fourth-order valence-corrected chi connectivity index (χ4v) is 2.28. The van der Waals surface area contributed by atoms with Crippen LogP contribution in [0.3, 0.4) is 0 Å². The summed E-state index contributed by atoms with van der Waals surface area (Å²) in [6, 6.07) is 0. The number of hydrogen-bond acceptors (Lipinski definition) is 4. The Labute approximate surface area is 109 Å². The van der Waals surface area contributed by atoms with Crippen LogP contribution in [0.1, 0.15) is 19.8 Å². The Morgan fingerprint density at radius 1 is 1.50 bits per heavy atom. The molecule has 2 rings (SSSR count). The van der Waals surface area contributed by atoms with Crippen molar-refractivity contribution in [3.8, 4) is 0 Å². The molecule has 1 saturated heterocycles. The second-order valence-corrected chi connectivity index (χ2v) is 5.22. The second-order valence-electron chi connectivity index (χ2n) is 3.97. The SMILES string of the molecule is CCC1OCCC1CNc1ncc(I)cn1. The van der Waals surface area contributed by atoms with Crippen LogP contribution in [0.25, 0.3) is 0 Å². The van der Waals surface area contributed by atoms with Crippen molar-refractivity contribution in [1.82, 2.24) is 9.97 Å². The molecule has 88 valence electrons. The third-order valence-electron chi connectivity index (χ3n) is 2.89. The zero-order chi connectivity index (χ0) is 11.4. The van der Waals surface area contributed by atoms with E-state index in [1.165, 1.54) is 0 Å². The molecule has 4 nitrogen and oxygen atoms in total. The summed E-state index contributed by atoms with van der Waals surface area (Å²) in [5, 5.41) is 3.27. The molecule has 16 heavy (non-hydrogen) atoms. The van der Waals surface area contributed by atoms with Crippen LogP contribution in [0.15, 0.2) is 12.4 Å². The zero-order valence-electron chi connectivity index (χ0n) is 9.32. The topological polar surface area (TPSA) is 47.0 Å². The summed E-state index contributed by atoms with van der Waals surface area (Å²) in [7, 11) is 0. The number of halogens is 1. The Morgan fingerprint density at radius 3 is 2.94 bits per heavy atom. The number of ether oxygens (including phenoxy) is 1. The lowest BCUT2D eigenvalue weighted by molar-refractivity contribution is 0.0900. The van der Waals surface area contributed by atoms with Gasteiger partial charge in [0.05, 0.1) is 6.10 Å². The Bertz CT molecular complexity index is 331. The van der Waals surface area contributed by atoms with Gasteiger partial charge in [-0.15, -0.1) is 0 Å². The van der Waals surface area contributed by atoms with Crippen LogP contribution in [-0.4, -0.2) is 29.2 Å². The van der Waals surface area contributed by atoms with E-state index in [1.807, 2.05) is 12.4 Å². The Balaban J connectivity index is 1.85. The van der Waals surface area contributed by atoms with E-state index in [0.717, 1.165) is 29.6 Å². The highest BCUT2D eigenvalue weighted by Gasteiger charge is 2.26. The fraction of sp³-hybridized carbons (Fsp3) is 0.636. The van der Waals surface area contributed by atoms with Crippen LogP contribution >= 0.6 is 22.6 Å². The minimum Gasteiger partial charge on any atom is -0.378 e. The van der Waals surface area contributed by atoms with E-state index >= 15 is 0 Å². The molecule has 5 heteroatoms. The summed E-state index contributed by atoms with van der Waals surface area (Å²) in [5.41, 5.74) is 0. The predicted octanol–water partition coefficient (Wildman–Crippen LogP) is 2.31. The molecule has 0 saturated carbocycles. The highest BCUT2D eigenvalue weighted by molar-refractivity contribution is 14.1. The van der Waals surface area contributed by atoms with Crippen molar-refractivity contribution in [3.63, 3.8) is 0 Å². The lowest BCUT2D eigenvalue weighted by Crippen LogP contribution is -2.23. The molecule has 0 aliphatic carbocycles. The van der Waals surface area contributed by atoms with Gasteiger partial charge >= 0.3 is 0 Å². The molecule has 2 heterocycles. The number of hydrogen-bond donors (Lipinski definition) is 1. The van der Waals surface area contributed by atoms with E-state index in [2.05, 4.69) is 44.8 Å². The largest absolute Gasteiger partial charge is 0.378 e. The van der Waals surface area contributed by atoms with E-state index in [4.69, 9.17) is 4.74 Å². The highest BCUT2D eigenvalue weighted by atomic mass is 127. The van der Waals surface area contributed by atoms with Crippen LogP contribution in [0.4, 0.5) is 5.95 Å². The number of rotatable bonds is 4. The highest BCUT2D eigenvalue weighted by Crippen LogP contribution is 2.23. The minimum atomic E-state index is 0.399. The van der Waals surface area contributed by atoms with E-state index in [0.29, 0.717) is 18.0 Å². The monoisotopic (exact) mass is 333 g/mol. The molecular weight excluding hydrogens is 317 g/mol. The van der Waals surface area contributed by atoms with Crippen molar-refractivity contribution in [3.05, 3.63) is 16.0 Å². The summed E-state index contributed by atoms with van der Waals surface area (Å²) in [6.07, 6.45) is 6.25. The number of anilines is 1. The summed E-state index contributed by atoms with van der Waals surface area (Å²) in [5.74, 6) is 1.30. The maximum atomic E-state index is 5.64. The first-order valence-electron chi connectivity index (χ1n) is 5.62. The van der Waals surface area contributed by atoms with E-state index in [-0.39, 0.29) is 0 Å². The number of nitrogens with zero attached hydrogens (tertiary/aromatic N) is 2. The van der Waals surface area contributed by atoms with Gasteiger partial charge in [-0.25, -0.2) is 9.97 Å². The van der Waals surface area contributed by atoms with Crippen molar-refractivity contribution in [2.75, 3.05) is 18.5 Å². The van der Waals surface area contributed by atoms with Gasteiger partial charge < -0.3 is 10.1 Å². The average Bonchev–Trinajstić information content (AvgIpc) is 2.76. The summed E-state index contributed by atoms with van der Waals surface area (Å²) in [6.45, 7) is 3.96. The van der Waals surface area contributed by atoms with Gasteiger partial charge in [0.2, 0.25) is 5.95 Å². The molecule has 2 unspecified atom stereocenters. The number of nitrogens with one attached hydrogen (secondary N) is 1. The molecular formula is C11H16IN3O.